The maximum atomic E-state index is 13.2. The zero-order chi connectivity index (χ0) is 10.8. The summed E-state index contributed by atoms with van der Waals surface area (Å²) in [6.45, 7) is 0. The predicted octanol–water partition coefficient (Wildman–Crippen LogP) is 2.67. The van der Waals surface area contributed by atoms with Crippen molar-refractivity contribution in [1.82, 2.24) is 0 Å². The van der Waals surface area contributed by atoms with Gasteiger partial charge < -0.3 is 4.74 Å². The van der Waals surface area contributed by atoms with E-state index in [0.29, 0.717) is 18.6 Å². The van der Waals surface area contributed by atoms with Crippen LogP contribution >= 0.6 is 0 Å². The van der Waals surface area contributed by atoms with Crippen molar-refractivity contribution in [3.8, 4) is 5.75 Å². The third kappa shape index (κ3) is 2.17. The van der Waals surface area contributed by atoms with Crippen LogP contribution in [0.3, 0.4) is 0 Å². The Kier molecular flexibility index (Phi) is 2.71. The molecule has 1 unspecified atom stereocenters. The van der Waals surface area contributed by atoms with Crippen molar-refractivity contribution in [2.75, 3.05) is 7.11 Å². The summed E-state index contributed by atoms with van der Waals surface area (Å²) in [4.78, 5) is 11.1. The lowest BCUT2D eigenvalue weighted by Gasteiger charge is -2.10. The molecule has 1 saturated carbocycles. The number of halogens is 1. The zero-order valence-electron chi connectivity index (χ0n) is 8.63. The van der Waals surface area contributed by atoms with Crippen molar-refractivity contribution in [3.63, 3.8) is 0 Å². The van der Waals surface area contributed by atoms with Gasteiger partial charge in [-0.3, -0.25) is 4.79 Å². The minimum absolute atomic E-state index is 0.169. The number of carbonyl (C=O) groups is 1. The summed E-state index contributed by atoms with van der Waals surface area (Å²) in [5.74, 6) is 0.651. The molecule has 3 heteroatoms. The van der Waals surface area contributed by atoms with E-state index >= 15 is 0 Å². The lowest BCUT2D eigenvalue weighted by molar-refractivity contribution is -0.117. The summed E-state index contributed by atoms with van der Waals surface area (Å²) < 4.78 is 18.2. The molecule has 0 N–H and O–H groups in total. The van der Waals surface area contributed by atoms with Crippen LogP contribution < -0.4 is 4.74 Å². The lowest BCUT2D eigenvalue weighted by atomic mass is 9.97. The molecule has 2 nitrogen and oxygen atoms in total. The van der Waals surface area contributed by atoms with E-state index in [1.54, 1.807) is 0 Å². The Hall–Kier alpha value is -1.38. The molecule has 0 bridgehead atoms. The van der Waals surface area contributed by atoms with Crippen LogP contribution in [0.2, 0.25) is 0 Å². The normalized spacial score (nSPS) is 20.7. The molecule has 0 saturated heterocycles. The van der Waals surface area contributed by atoms with Crippen molar-refractivity contribution < 1.29 is 13.9 Å². The average Bonchev–Trinajstić information content (AvgIpc) is 2.64. The highest BCUT2D eigenvalue weighted by molar-refractivity contribution is 5.81. The van der Waals surface area contributed by atoms with Gasteiger partial charge in [0.15, 0.2) is 0 Å². The van der Waals surface area contributed by atoms with Crippen LogP contribution in [0.4, 0.5) is 4.39 Å². The second-order valence-electron chi connectivity index (χ2n) is 3.90. The lowest BCUT2D eigenvalue weighted by Crippen LogP contribution is -1.96. The molecule has 15 heavy (non-hydrogen) atoms. The van der Waals surface area contributed by atoms with Gasteiger partial charge in [0.1, 0.15) is 17.3 Å². The van der Waals surface area contributed by atoms with Crippen molar-refractivity contribution in [1.29, 1.82) is 0 Å². The number of ether oxygens (including phenoxy) is 1. The second-order valence-corrected chi connectivity index (χ2v) is 3.90. The Morgan fingerprint density at radius 2 is 2.20 bits per heavy atom. The number of carbonyl (C=O) groups excluding carboxylic acids is 1. The third-order valence-corrected chi connectivity index (χ3v) is 2.85. The summed E-state index contributed by atoms with van der Waals surface area (Å²) in [5, 5.41) is 0. The quantitative estimate of drug-likeness (QED) is 0.746. The molecule has 1 aromatic carbocycles. The van der Waals surface area contributed by atoms with E-state index in [2.05, 4.69) is 0 Å². The van der Waals surface area contributed by atoms with Gasteiger partial charge in [0, 0.05) is 18.9 Å². The minimum Gasteiger partial charge on any atom is -0.497 e. The van der Waals surface area contributed by atoms with E-state index in [0.717, 1.165) is 12.0 Å². The first kappa shape index (κ1) is 10.1. The van der Waals surface area contributed by atoms with Crippen LogP contribution in [-0.2, 0) is 4.79 Å². The molecule has 0 amide bonds. The molecular formula is C12H13FO2. The maximum absolute atomic E-state index is 13.2. The van der Waals surface area contributed by atoms with Gasteiger partial charge in [-0.25, -0.2) is 4.39 Å². The summed E-state index contributed by atoms with van der Waals surface area (Å²) in [6.07, 6.45) is 1.97. The van der Waals surface area contributed by atoms with Gasteiger partial charge in [-0.1, -0.05) is 0 Å². The number of rotatable bonds is 2. The SMILES string of the molecule is COc1cc(F)cc(C2CCC(=O)C2)c1. The molecular weight excluding hydrogens is 195 g/mol. The minimum atomic E-state index is -0.302. The highest BCUT2D eigenvalue weighted by Crippen LogP contribution is 2.34. The van der Waals surface area contributed by atoms with Gasteiger partial charge in [-0.15, -0.1) is 0 Å². The highest BCUT2D eigenvalue weighted by Gasteiger charge is 2.24. The van der Waals surface area contributed by atoms with Gasteiger partial charge >= 0.3 is 0 Å². The summed E-state index contributed by atoms with van der Waals surface area (Å²) >= 11 is 0. The number of methoxy groups -OCH3 is 1. The third-order valence-electron chi connectivity index (χ3n) is 2.85. The Bertz CT molecular complexity index is 387. The first-order valence-electron chi connectivity index (χ1n) is 5.05. The van der Waals surface area contributed by atoms with Gasteiger partial charge in [-0.05, 0) is 30.0 Å². The Morgan fingerprint density at radius 3 is 2.80 bits per heavy atom. The molecule has 2 rings (SSSR count). The molecule has 0 aromatic heterocycles. The summed E-state index contributed by atoms with van der Waals surface area (Å²) in [6, 6.07) is 4.65. The largest absolute Gasteiger partial charge is 0.497 e. The van der Waals surface area contributed by atoms with Crippen molar-refractivity contribution in [3.05, 3.63) is 29.6 Å². The summed E-state index contributed by atoms with van der Waals surface area (Å²) in [5.41, 5.74) is 0.873. The fraction of sp³-hybridized carbons (Fsp3) is 0.417. The maximum Gasteiger partial charge on any atom is 0.133 e. The van der Waals surface area contributed by atoms with Crippen LogP contribution in [0.25, 0.3) is 0 Å². The first-order chi connectivity index (χ1) is 7.19. The van der Waals surface area contributed by atoms with Crippen LogP contribution in [0, 0.1) is 5.82 Å². The molecule has 1 aliphatic carbocycles. The fourth-order valence-electron chi connectivity index (χ4n) is 2.04. The number of ketones is 1. The highest BCUT2D eigenvalue weighted by atomic mass is 19.1. The predicted molar refractivity (Wildman–Crippen MR) is 54.6 cm³/mol. The second kappa shape index (κ2) is 4.01. The number of benzene rings is 1. The van der Waals surface area contributed by atoms with Crippen LogP contribution in [0.5, 0.6) is 5.75 Å². The molecule has 1 aromatic rings. The van der Waals surface area contributed by atoms with Crippen LogP contribution in [-0.4, -0.2) is 12.9 Å². The van der Waals surface area contributed by atoms with Gasteiger partial charge in [0.25, 0.3) is 0 Å². The van der Waals surface area contributed by atoms with E-state index in [9.17, 15) is 9.18 Å². The Balaban J connectivity index is 2.27. The van der Waals surface area contributed by atoms with E-state index in [4.69, 9.17) is 4.74 Å². The van der Waals surface area contributed by atoms with Crippen LogP contribution in [0.1, 0.15) is 30.7 Å². The van der Waals surface area contributed by atoms with Crippen molar-refractivity contribution in [2.24, 2.45) is 0 Å². The fourth-order valence-corrected chi connectivity index (χ4v) is 2.04. The van der Waals surface area contributed by atoms with Crippen molar-refractivity contribution >= 4 is 5.78 Å². The molecule has 1 aliphatic rings. The smallest absolute Gasteiger partial charge is 0.133 e. The first-order valence-corrected chi connectivity index (χ1v) is 5.05. The van der Waals surface area contributed by atoms with Crippen LogP contribution in [0.15, 0.2) is 18.2 Å². The van der Waals surface area contributed by atoms with Gasteiger partial charge in [0.2, 0.25) is 0 Å². The molecule has 0 radical (unpaired) electrons. The molecule has 0 spiro atoms. The Morgan fingerprint density at radius 1 is 1.40 bits per heavy atom. The zero-order valence-corrected chi connectivity index (χ0v) is 8.63. The average molecular weight is 208 g/mol. The van der Waals surface area contributed by atoms with E-state index in [1.165, 1.54) is 19.2 Å². The standard InChI is InChI=1S/C12H13FO2/c1-15-12-6-9(4-10(13)7-12)8-2-3-11(14)5-8/h4,6-8H,2-3,5H2,1H3. The summed E-state index contributed by atoms with van der Waals surface area (Å²) in [7, 11) is 1.51. The van der Waals surface area contributed by atoms with Gasteiger partial charge in [0.05, 0.1) is 7.11 Å². The Labute approximate surface area is 88.1 Å². The van der Waals surface area contributed by atoms with Gasteiger partial charge in [-0.2, -0.15) is 0 Å². The molecule has 1 atom stereocenters. The monoisotopic (exact) mass is 208 g/mol. The topological polar surface area (TPSA) is 26.3 Å². The number of hydrogen-bond acceptors (Lipinski definition) is 2. The van der Waals surface area contributed by atoms with Crippen molar-refractivity contribution in [2.45, 2.75) is 25.2 Å². The van der Waals surface area contributed by atoms with E-state index in [1.807, 2.05) is 6.07 Å². The molecule has 0 aliphatic heterocycles. The number of hydrogen-bond donors (Lipinski definition) is 0. The van der Waals surface area contributed by atoms with E-state index < -0.39 is 0 Å². The molecule has 80 valence electrons. The number of Topliss-reactive ketones (excluding diaryl/α,β-unsaturated/α-hetero) is 1. The van der Waals surface area contributed by atoms with E-state index in [-0.39, 0.29) is 17.5 Å². The molecule has 1 fully saturated rings. The molecule has 0 heterocycles.